The van der Waals surface area contributed by atoms with Crippen molar-refractivity contribution in [2.24, 2.45) is 0 Å². The van der Waals surface area contributed by atoms with E-state index in [0.29, 0.717) is 0 Å². The molecule has 0 aliphatic heterocycles. The molecule has 0 fully saturated rings. The van der Waals surface area contributed by atoms with Crippen molar-refractivity contribution in [3.63, 3.8) is 0 Å². The van der Waals surface area contributed by atoms with Crippen molar-refractivity contribution in [1.82, 2.24) is 0 Å². The average Bonchev–Trinajstić information content (AvgIpc) is 3.10. The van der Waals surface area contributed by atoms with Crippen molar-refractivity contribution in [2.45, 2.75) is 139 Å². The van der Waals surface area contributed by atoms with Crippen LogP contribution in [0.3, 0.4) is 0 Å². The lowest BCUT2D eigenvalue weighted by Gasteiger charge is -2.00. The molecule has 0 saturated heterocycles. The van der Waals surface area contributed by atoms with Crippen LogP contribution in [0.4, 0.5) is 0 Å². The third kappa shape index (κ3) is 26.0. The number of hydrogen-bond donors (Lipinski definition) is 0. The molecule has 0 aromatic heterocycles. The summed E-state index contributed by atoms with van der Waals surface area (Å²) in [6.45, 7) is 37.6. The molecule has 0 amide bonds. The van der Waals surface area contributed by atoms with E-state index in [1.54, 1.807) is 0 Å². The summed E-state index contributed by atoms with van der Waals surface area (Å²) in [7, 11) is 0. The largest absolute Gasteiger partial charge is 0.0776 e. The van der Waals surface area contributed by atoms with Gasteiger partial charge in [-0.2, -0.15) is 0 Å². The van der Waals surface area contributed by atoms with Gasteiger partial charge in [0.05, 0.1) is 0 Å². The Labute approximate surface area is 314 Å². The normalized spacial score (nSPS) is 8.28. The summed E-state index contributed by atoms with van der Waals surface area (Å²) in [6, 6.07) is 37.9. The van der Waals surface area contributed by atoms with Gasteiger partial charge in [0, 0.05) is 0 Å². The first-order valence-electron chi connectivity index (χ1n) is 18.0. The highest BCUT2D eigenvalue weighted by Gasteiger charge is 1.92. The predicted molar refractivity (Wildman–Crippen MR) is 237 cm³/mol. The molecule has 0 aliphatic rings. The summed E-state index contributed by atoms with van der Waals surface area (Å²) in [5, 5.41) is 0. The number of benzene rings is 5. The summed E-state index contributed by atoms with van der Waals surface area (Å²) in [5.41, 5.74) is 16.5. The summed E-state index contributed by atoms with van der Waals surface area (Å²) in [6.07, 6.45) is 0. The van der Waals surface area contributed by atoms with Crippen LogP contribution < -0.4 is 0 Å². The predicted octanol–water partition coefficient (Wildman–Crippen LogP) is 16.5. The van der Waals surface area contributed by atoms with E-state index in [1.807, 2.05) is 41.5 Å². The van der Waals surface area contributed by atoms with E-state index in [-0.39, 0.29) is 14.9 Å². The highest BCUT2D eigenvalue weighted by molar-refractivity contribution is 5.32. The molecule has 0 saturated carbocycles. The van der Waals surface area contributed by atoms with Crippen LogP contribution in [-0.4, -0.2) is 0 Å². The molecule has 0 aliphatic carbocycles. The van der Waals surface area contributed by atoms with Gasteiger partial charge in [-0.3, -0.25) is 0 Å². The second kappa shape index (κ2) is 34.9. The lowest BCUT2D eigenvalue weighted by molar-refractivity contribution is 1.27. The lowest BCUT2D eigenvalue weighted by atomic mass is 10.1. The topological polar surface area (TPSA) is 0 Å². The quantitative estimate of drug-likeness (QED) is 0.153. The standard InChI is InChI=1S/2C9H12.3C8H10.3C2H6.2CH4/c1-7-4-5-8(2)9(3)6-7;1-7-5-4-6-8(2)9(7)3;3*1-7-5-3-4-6-8(7)2;3*1-2;;/h2*4-6H,1-3H3;3*3-6H,1-2H3;3*1-2H3;2*1H4. The lowest BCUT2D eigenvalue weighted by Crippen LogP contribution is -1.82. The molecule has 5 aromatic carbocycles. The van der Waals surface area contributed by atoms with Crippen molar-refractivity contribution in [2.75, 3.05) is 0 Å². The van der Waals surface area contributed by atoms with Gasteiger partial charge in [-0.15, -0.1) is 0 Å². The van der Waals surface area contributed by atoms with Crippen LogP contribution in [0.25, 0.3) is 0 Å². The number of hydrogen-bond acceptors (Lipinski definition) is 0. The van der Waals surface area contributed by atoms with Crippen LogP contribution in [0.15, 0.2) is 109 Å². The first kappa shape index (κ1) is 55.5. The van der Waals surface area contributed by atoms with Gasteiger partial charge >= 0.3 is 0 Å². The van der Waals surface area contributed by atoms with E-state index in [2.05, 4.69) is 192 Å². The van der Waals surface area contributed by atoms with Crippen LogP contribution in [0, 0.1) is 83.1 Å². The van der Waals surface area contributed by atoms with Crippen LogP contribution in [0.1, 0.15) is 123 Å². The van der Waals surface area contributed by atoms with E-state index in [4.69, 9.17) is 0 Å². The second-order valence-electron chi connectivity index (χ2n) is 11.4. The first-order chi connectivity index (χ1) is 22.8. The zero-order chi connectivity index (χ0) is 37.7. The maximum Gasteiger partial charge on any atom is -0.0392 e. The van der Waals surface area contributed by atoms with Crippen molar-refractivity contribution in [1.29, 1.82) is 0 Å². The Kier molecular flexibility index (Phi) is 38.8. The van der Waals surface area contributed by atoms with Crippen LogP contribution in [0.2, 0.25) is 0 Å². The van der Waals surface area contributed by atoms with Crippen molar-refractivity contribution in [3.8, 4) is 0 Å². The molecule has 0 heteroatoms. The maximum absolute atomic E-state index is 2.20. The zero-order valence-electron chi connectivity index (χ0n) is 34.4. The molecule has 0 unspecified atom stereocenters. The Bertz CT molecular complexity index is 1300. The third-order valence-corrected chi connectivity index (χ3v) is 7.81. The summed E-state index contributed by atoms with van der Waals surface area (Å²) in [4.78, 5) is 0. The van der Waals surface area contributed by atoms with Gasteiger partial charge in [-0.1, -0.05) is 171 Å². The molecule has 50 heavy (non-hydrogen) atoms. The van der Waals surface area contributed by atoms with Crippen molar-refractivity contribution < 1.29 is 0 Å². The van der Waals surface area contributed by atoms with Crippen LogP contribution in [0.5, 0.6) is 0 Å². The van der Waals surface area contributed by atoms with Crippen molar-refractivity contribution >= 4 is 0 Å². The summed E-state index contributed by atoms with van der Waals surface area (Å²) >= 11 is 0. The van der Waals surface area contributed by atoms with Gasteiger partial charge in [-0.25, -0.2) is 0 Å². The fourth-order valence-corrected chi connectivity index (χ4v) is 3.78. The zero-order valence-corrected chi connectivity index (χ0v) is 34.4. The molecule has 0 radical (unpaired) electrons. The molecule has 0 N–H and O–H groups in total. The van der Waals surface area contributed by atoms with Crippen LogP contribution >= 0.6 is 0 Å². The summed E-state index contributed by atoms with van der Waals surface area (Å²) in [5.74, 6) is 0. The van der Waals surface area contributed by atoms with Gasteiger partial charge in [-0.05, 0) is 144 Å². The van der Waals surface area contributed by atoms with Crippen molar-refractivity contribution in [3.05, 3.63) is 176 Å². The van der Waals surface area contributed by atoms with E-state index in [9.17, 15) is 0 Å². The highest BCUT2D eigenvalue weighted by atomic mass is 14.0. The highest BCUT2D eigenvalue weighted by Crippen LogP contribution is 2.10. The maximum atomic E-state index is 2.20. The van der Waals surface area contributed by atoms with Gasteiger partial charge < -0.3 is 0 Å². The SMILES string of the molecule is C.C.CC.CC.CC.Cc1ccc(C)c(C)c1.Cc1cccc(C)c1C.Cc1ccccc1C.Cc1ccccc1C.Cc1ccccc1C. The first-order valence-corrected chi connectivity index (χ1v) is 18.0. The van der Waals surface area contributed by atoms with Gasteiger partial charge in [0.1, 0.15) is 0 Å². The Morgan fingerprint density at radius 2 is 0.460 bits per heavy atom. The molecular weight excluding hydrogens is 601 g/mol. The Morgan fingerprint density at radius 1 is 0.240 bits per heavy atom. The minimum Gasteiger partial charge on any atom is -0.0776 e. The average molecular weight is 681 g/mol. The van der Waals surface area contributed by atoms with E-state index >= 15 is 0 Å². The molecule has 5 aromatic rings. The summed E-state index contributed by atoms with van der Waals surface area (Å²) < 4.78 is 0. The molecule has 280 valence electrons. The van der Waals surface area contributed by atoms with Gasteiger partial charge in [0.15, 0.2) is 0 Å². The number of aryl methyl sites for hydroxylation is 11. The molecule has 0 atom stereocenters. The Balaban J connectivity index is -0.000000161. The van der Waals surface area contributed by atoms with Crippen LogP contribution in [-0.2, 0) is 0 Å². The fraction of sp³-hybridized carbons (Fsp3) is 0.400. The fourth-order valence-electron chi connectivity index (χ4n) is 3.78. The molecule has 0 bridgehead atoms. The Hall–Kier alpha value is -3.90. The molecule has 0 nitrogen and oxygen atoms in total. The molecular formula is C50H80. The van der Waals surface area contributed by atoms with E-state index in [1.165, 1.54) is 66.8 Å². The minimum absolute atomic E-state index is 0. The molecule has 5 rings (SSSR count). The molecule has 0 spiro atoms. The monoisotopic (exact) mass is 681 g/mol. The smallest absolute Gasteiger partial charge is 0.0392 e. The number of rotatable bonds is 0. The Morgan fingerprint density at radius 3 is 0.640 bits per heavy atom. The van der Waals surface area contributed by atoms with Gasteiger partial charge in [0.2, 0.25) is 0 Å². The van der Waals surface area contributed by atoms with E-state index in [0.717, 1.165) is 0 Å². The molecule has 0 heterocycles. The van der Waals surface area contributed by atoms with Gasteiger partial charge in [0.25, 0.3) is 0 Å². The second-order valence-corrected chi connectivity index (χ2v) is 11.4. The minimum atomic E-state index is 0. The third-order valence-electron chi connectivity index (χ3n) is 7.81. The van der Waals surface area contributed by atoms with E-state index < -0.39 is 0 Å².